The standard InChI is InChI=1S/C27H47N11O5/c28-13-5-3-10-20-25(42)34-21(11-8-15-32-27(29)30)24(41)33-19(18-39)9-4-6-14-31-23(40)12-2-1-7-16-38-17-22(36-37-38)26(43)35-20/h17-21H,1-16,28H2,(H,31,40)(H,33,41)(H,34,42)(H,35,43)(H4,29,30,32)/t19-,20-,21-/m0/s1. The molecular weight excluding hydrogens is 558 g/mol. The predicted molar refractivity (Wildman–Crippen MR) is 159 cm³/mol. The normalized spacial score (nSPS) is 21.9. The monoisotopic (exact) mass is 605 g/mol. The molecule has 1 aromatic heterocycles. The minimum absolute atomic E-state index is 0.0429. The molecule has 0 unspecified atom stereocenters. The molecule has 0 radical (unpaired) electrons. The molecule has 1 aliphatic rings. The molecule has 43 heavy (non-hydrogen) atoms. The molecule has 1 aromatic rings. The molecule has 16 heteroatoms. The second kappa shape index (κ2) is 19.9. The van der Waals surface area contributed by atoms with Gasteiger partial charge in [-0.2, -0.15) is 0 Å². The van der Waals surface area contributed by atoms with Gasteiger partial charge in [-0.25, -0.2) is 0 Å². The number of aryl methyl sites for hydroxylation is 1. The number of guanidine groups is 1. The number of amides is 4. The smallest absolute Gasteiger partial charge is 0.274 e. The molecular formula is C27H47N11O5. The summed E-state index contributed by atoms with van der Waals surface area (Å²) in [4.78, 5) is 67.5. The van der Waals surface area contributed by atoms with Crippen LogP contribution in [0.15, 0.2) is 11.2 Å². The van der Waals surface area contributed by atoms with E-state index in [9.17, 15) is 24.0 Å². The lowest BCUT2D eigenvalue weighted by Crippen LogP contribution is -2.55. The molecule has 0 aliphatic carbocycles. The summed E-state index contributed by atoms with van der Waals surface area (Å²) in [5, 5.41) is 19.0. The molecule has 0 spiro atoms. The van der Waals surface area contributed by atoms with Crippen molar-refractivity contribution in [1.29, 1.82) is 0 Å². The summed E-state index contributed by atoms with van der Waals surface area (Å²) in [6, 6.07) is -2.75. The van der Waals surface area contributed by atoms with E-state index in [2.05, 4.69) is 36.6 Å². The molecule has 0 aromatic carbocycles. The van der Waals surface area contributed by atoms with Crippen LogP contribution in [-0.2, 0) is 25.7 Å². The Kier molecular flexibility index (Phi) is 16.3. The molecule has 10 N–H and O–H groups in total. The Bertz CT molecular complexity index is 1070. The molecule has 3 atom stereocenters. The SMILES string of the molecule is NCCCC[C@@H]1NC(=O)c2cn(nn2)CCCCCC(=O)NCCCC[C@@H](C=O)NC(=O)[C@H](CCCN=C(N)N)NC1=O. The van der Waals surface area contributed by atoms with Crippen LogP contribution in [0.1, 0.15) is 87.5 Å². The first-order chi connectivity index (χ1) is 20.7. The summed E-state index contributed by atoms with van der Waals surface area (Å²) in [7, 11) is 0. The number of hydrogen-bond donors (Lipinski definition) is 7. The van der Waals surface area contributed by atoms with Gasteiger partial charge in [0.15, 0.2) is 11.7 Å². The lowest BCUT2D eigenvalue weighted by Gasteiger charge is -2.24. The summed E-state index contributed by atoms with van der Waals surface area (Å²) in [5.41, 5.74) is 16.5. The maximum Gasteiger partial charge on any atom is 0.274 e. The number of aldehydes is 1. The number of fused-ring (bicyclic) bond motifs is 2. The quantitative estimate of drug-likeness (QED) is 0.0748. The number of unbranched alkanes of at least 4 members (excludes halogenated alkanes) is 1. The third kappa shape index (κ3) is 14.1. The van der Waals surface area contributed by atoms with Gasteiger partial charge < -0.3 is 43.3 Å². The zero-order valence-corrected chi connectivity index (χ0v) is 24.8. The third-order valence-corrected chi connectivity index (χ3v) is 6.97. The summed E-state index contributed by atoms with van der Waals surface area (Å²) in [6.07, 6.45) is 8.47. The van der Waals surface area contributed by atoms with Gasteiger partial charge in [0, 0.05) is 26.1 Å². The zero-order valence-electron chi connectivity index (χ0n) is 24.8. The predicted octanol–water partition coefficient (Wildman–Crippen LogP) is -1.41. The number of hydrogen-bond acceptors (Lipinski definition) is 9. The van der Waals surface area contributed by atoms with Gasteiger partial charge in [-0.3, -0.25) is 28.9 Å². The van der Waals surface area contributed by atoms with E-state index in [0.717, 1.165) is 12.8 Å². The first-order valence-electron chi connectivity index (χ1n) is 15.0. The van der Waals surface area contributed by atoms with Crippen LogP contribution in [0.5, 0.6) is 0 Å². The fourth-order valence-electron chi connectivity index (χ4n) is 4.55. The lowest BCUT2D eigenvalue weighted by atomic mass is 10.0. The van der Waals surface area contributed by atoms with Crippen LogP contribution in [0.4, 0.5) is 0 Å². The van der Waals surface area contributed by atoms with Crippen LogP contribution < -0.4 is 38.5 Å². The minimum atomic E-state index is -1.01. The van der Waals surface area contributed by atoms with Crippen molar-refractivity contribution < 1.29 is 24.0 Å². The van der Waals surface area contributed by atoms with Crippen LogP contribution in [0.25, 0.3) is 0 Å². The van der Waals surface area contributed by atoms with Crippen molar-refractivity contribution in [3.05, 3.63) is 11.9 Å². The van der Waals surface area contributed by atoms with Gasteiger partial charge >= 0.3 is 0 Å². The molecule has 2 heterocycles. The average Bonchev–Trinajstić information content (AvgIpc) is 3.45. The van der Waals surface area contributed by atoms with Gasteiger partial charge in [0.05, 0.1) is 12.2 Å². The van der Waals surface area contributed by atoms with Crippen LogP contribution in [0.2, 0.25) is 0 Å². The number of aliphatic imine (C=N–C) groups is 1. The van der Waals surface area contributed by atoms with Crippen molar-refractivity contribution in [2.24, 2.45) is 22.2 Å². The second-order valence-electron chi connectivity index (χ2n) is 10.6. The van der Waals surface area contributed by atoms with E-state index in [1.807, 2.05) is 0 Å². The number of nitrogens with two attached hydrogens (primary N) is 3. The molecule has 16 nitrogen and oxygen atoms in total. The fourth-order valence-corrected chi connectivity index (χ4v) is 4.55. The highest BCUT2D eigenvalue weighted by molar-refractivity contribution is 5.97. The second-order valence-corrected chi connectivity index (χ2v) is 10.6. The van der Waals surface area contributed by atoms with E-state index in [4.69, 9.17) is 17.2 Å². The Labute approximate surface area is 251 Å². The van der Waals surface area contributed by atoms with E-state index < -0.39 is 35.8 Å². The number of rotatable bonds is 9. The number of aromatic nitrogens is 3. The Morgan fingerprint density at radius 3 is 2.44 bits per heavy atom. The summed E-state index contributed by atoms with van der Waals surface area (Å²) in [6.45, 7) is 1.65. The van der Waals surface area contributed by atoms with Gasteiger partial charge in [0.2, 0.25) is 17.7 Å². The molecule has 0 fully saturated rings. The van der Waals surface area contributed by atoms with E-state index in [1.165, 1.54) is 6.20 Å². The maximum atomic E-state index is 13.4. The highest BCUT2D eigenvalue weighted by atomic mass is 16.2. The van der Waals surface area contributed by atoms with Crippen LogP contribution >= 0.6 is 0 Å². The molecule has 1 aliphatic heterocycles. The van der Waals surface area contributed by atoms with Crippen LogP contribution in [0.3, 0.4) is 0 Å². The van der Waals surface area contributed by atoms with Gasteiger partial charge in [0.25, 0.3) is 5.91 Å². The summed E-state index contributed by atoms with van der Waals surface area (Å²) >= 11 is 0. The van der Waals surface area contributed by atoms with Gasteiger partial charge in [-0.1, -0.05) is 11.6 Å². The Balaban J connectivity index is 2.24. The van der Waals surface area contributed by atoms with Crippen molar-refractivity contribution in [2.75, 3.05) is 19.6 Å². The van der Waals surface area contributed by atoms with Gasteiger partial charge in [-0.15, -0.1) is 5.10 Å². The topological polar surface area (TPSA) is 255 Å². The van der Waals surface area contributed by atoms with Crippen LogP contribution in [0, 0.1) is 0 Å². The van der Waals surface area contributed by atoms with Gasteiger partial charge in [0.1, 0.15) is 18.4 Å². The fraction of sp³-hybridized carbons (Fsp3) is 0.704. The molecule has 0 saturated heterocycles. The average molecular weight is 606 g/mol. The molecule has 0 saturated carbocycles. The maximum absolute atomic E-state index is 13.4. The van der Waals surface area contributed by atoms with Crippen molar-refractivity contribution in [2.45, 2.75) is 102 Å². The molecule has 2 bridgehead atoms. The minimum Gasteiger partial charge on any atom is -0.370 e. The largest absolute Gasteiger partial charge is 0.370 e. The molecule has 4 amide bonds. The Hall–Kier alpha value is -4.08. The highest BCUT2D eigenvalue weighted by Crippen LogP contribution is 2.08. The van der Waals surface area contributed by atoms with Crippen LogP contribution in [-0.4, -0.2) is 88.6 Å². The highest BCUT2D eigenvalue weighted by Gasteiger charge is 2.28. The zero-order chi connectivity index (χ0) is 31.5. The van der Waals surface area contributed by atoms with Crippen molar-refractivity contribution in [1.82, 2.24) is 36.3 Å². The molecule has 240 valence electrons. The first-order valence-corrected chi connectivity index (χ1v) is 15.0. The first kappa shape index (κ1) is 35.1. The van der Waals surface area contributed by atoms with E-state index in [-0.39, 0.29) is 36.9 Å². The molecule has 2 rings (SSSR count). The van der Waals surface area contributed by atoms with Gasteiger partial charge in [-0.05, 0) is 70.8 Å². The van der Waals surface area contributed by atoms with Crippen molar-refractivity contribution in [3.8, 4) is 0 Å². The number of nitrogens with one attached hydrogen (secondary N) is 4. The number of nitrogens with zero attached hydrogens (tertiary/aromatic N) is 4. The number of carbonyl (C=O) groups excluding carboxylic acids is 5. The van der Waals surface area contributed by atoms with E-state index in [1.54, 1.807) is 4.68 Å². The lowest BCUT2D eigenvalue weighted by molar-refractivity contribution is -0.131. The van der Waals surface area contributed by atoms with Crippen molar-refractivity contribution in [3.63, 3.8) is 0 Å². The van der Waals surface area contributed by atoms with E-state index >= 15 is 0 Å². The Morgan fingerprint density at radius 1 is 0.953 bits per heavy atom. The van der Waals surface area contributed by atoms with E-state index in [0.29, 0.717) is 77.3 Å². The number of carbonyl (C=O) groups is 5. The van der Waals surface area contributed by atoms with Crippen molar-refractivity contribution >= 4 is 35.9 Å². The third-order valence-electron chi connectivity index (χ3n) is 6.97. The summed E-state index contributed by atoms with van der Waals surface area (Å²) in [5.74, 6) is -1.82. The summed E-state index contributed by atoms with van der Waals surface area (Å²) < 4.78 is 1.55. The Morgan fingerprint density at radius 2 is 1.70 bits per heavy atom.